The summed E-state index contributed by atoms with van der Waals surface area (Å²) < 4.78 is 5.65. The number of hydrogen-bond donors (Lipinski definition) is 1. The molecule has 0 bridgehead atoms. The molecule has 2 aromatic rings. The van der Waals surface area contributed by atoms with Gasteiger partial charge in [-0.25, -0.2) is 4.98 Å². The number of hydrogen-bond acceptors (Lipinski definition) is 4. The van der Waals surface area contributed by atoms with Gasteiger partial charge in [-0.05, 0) is 37.2 Å². The van der Waals surface area contributed by atoms with Gasteiger partial charge < -0.3 is 10.1 Å². The SMILES string of the molecule is CCNC(C)c1ccnc(Oc2cccnc2)c1. The summed E-state index contributed by atoms with van der Waals surface area (Å²) in [6.45, 7) is 5.14. The van der Waals surface area contributed by atoms with Gasteiger partial charge in [0.2, 0.25) is 5.88 Å². The van der Waals surface area contributed by atoms with Crippen LogP contribution in [0.5, 0.6) is 11.6 Å². The van der Waals surface area contributed by atoms with Gasteiger partial charge in [0.15, 0.2) is 0 Å². The second-order valence-corrected chi connectivity index (χ2v) is 4.00. The molecule has 1 unspecified atom stereocenters. The van der Waals surface area contributed by atoms with E-state index in [0.29, 0.717) is 11.6 Å². The van der Waals surface area contributed by atoms with Crippen molar-refractivity contribution in [1.82, 2.24) is 15.3 Å². The van der Waals surface area contributed by atoms with Crippen LogP contribution in [0.4, 0.5) is 0 Å². The molecule has 1 N–H and O–H groups in total. The summed E-state index contributed by atoms with van der Waals surface area (Å²) in [7, 11) is 0. The van der Waals surface area contributed by atoms with E-state index in [9.17, 15) is 0 Å². The van der Waals surface area contributed by atoms with Gasteiger partial charge in [-0.3, -0.25) is 4.98 Å². The molecule has 0 aliphatic rings. The van der Waals surface area contributed by atoms with Crippen molar-refractivity contribution in [3.63, 3.8) is 0 Å². The first-order chi connectivity index (χ1) is 8.79. The number of aromatic nitrogens is 2. The molecule has 2 heterocycles. The molecule has 0 radical (unpaired) electrons. The number of nitrogens with one attached hydrogen (secondary N) is 1. The lowest BCUT2D eigenvalue weighted by atomic mass is 10.1. The molecule has 0 saturated carbocycles. The van der Waals surface area contributed by atoms with Crippen LogP contribution in [-0.2, 0) is 0 Å². The standard InChI is InChI=1S/C14H17N3O/c1-3-16-11(2)12-6-8-17-14(9-12)18-13-5-4-7-15-10-13/h4-11,16H,3H2,1-2H3. The summed E-state index contributed by atoms with van der Waals surface area (Å²) in [5.74, 6) is 1.28. The van der Waals surface area contributed by atoms with Crippen LogP contribution in [0.2, 0.25) is 0 Å². The summed E-state index contributed by atoms with van der Waals surface area (Å²) in [6, 6.07) is 7.91. The van der Waals surface area contributed by atoms with Crippen LogP contribution in [0, 0.1) is 0 Å². The van der Waals surface area contributed by atoms with Gasteiger partial charge in [0, 0.05) is 24.5 Å². The van der Waals surface area contributed by atoms with Crippen molar-refractivity contribution >= 4 is 0 Å². The van der Waals surface area contributed by atoms with Gasteiger partial charge in [0.25, 0.3) is 0 Å². The molecular formula is C14H17N3O. The minimum atomic E-state index is 0.286. The van der Waals surface area contributed by atoms with E-state index < -0.39 is 0 Å². The Morgan fingerprint density at radius 1 is 1.33 bits per heavy atom. The quantitative estimate of drug-likeness (QED) is 0.877. The summed E-state index contributed by atoms with van der Waals surface area (Å²) >= 11 is 0. The highest BCUT2D eigenvalue weighted by Gasteiger charge is 2.06. The third kappa shape index (κ3) is 3.28. The van der Waals surface area contributed by atoms with E-state index in [1.807, 2.05) is 24.3 Å². The lowest BCUT2D eigenvalue weighted by Crippen LogP contribution is -2.17. The summed E-state index contributed by atoms with van der Waals surface area (Å²) in [4.78, 5) is 8.20. The molecule has 0 aliphatic heterocycles. The molecule has 0 spiro atoms. The van der Waals surface area contributed by atoms with Crippen LogP contribution in [0.1, 0.15) is 25.5 Å². The van der Waals surface area contributed by atoms with Crippen molar-refractivity contribution in [3.8, 4) is 11.6 Å². The highest BCUT2D eigenvalue weighted by atomic mass is 16.5. The Kier molecular flexibility index (Phi) is 4.25. The maximum Gasteiger partial charge on any atom is 0.219 e. The van der Waals surface area contributed by atoms with Gasteiger partial charge in [-0.1, -0.05) is 6.92 Å². The van der Waals surface area contributed by atoms with Crippen molar-refractivity contribution in [2.24, 2.45) is 0 Å². The second-order valence-electron chi connectivity index (χ2n) is 4.00. The number of pyridine rings is 2. The Morgan fingerprint density at radius 3 is 2.94 bits per heavy atom. The van der Waals surface area contributed by atoms with Gasteiger partial charge in [0.1, 0.15) is 5.75 Å². The molecular weight excluding hydrogens is 226 g/mol. The molecule has 0 aromatic carbocycles. The maximum absolute atomic E-state index is 5.65. The monoisotopic (exact) mass is 243 g/mol. The van der Waals surface area contributed by atoms with E-state index in [1.54, 1.807) is 18.6 Å². The molecule has 0 aliphatic carbocycles. The Hall–Kier alpha value is -1.94. The van der Waals surface area contributed by atoms with Crippen molar-refractivity contribution in [2.45, 2.75) is 19.9 Å². The molecule has 1 atom stereocenters. The molecule has 0 saturated heterocycles. The number of ether oxygens (including phenoxy) is 1. The van der Waals surface area contributed by atoms with Crippen LogP contribution >= 0.6 is 0 Å². The predicted molar refractivity (Wildman–Crippen MR) is 70.6 cm³/mol. The van der Waals surface area contributed by atoms with Crippen molar-refractivity contribution in [2.75, 3.05) is 6.54 Å². The minimum absolute atomic E-state index is 0.286. The number of rotatable bonds is 5. The van der Waals surface area contributed by atoms with Crippen LogP contribution in [-0.4, -0.2) is 16.5 Å². The molecule has 4 heteroatoms. The van der Waals surface area contributed by atoms with Crippen molar-refractivity contribution in [1.29, 1.82) is 0 Å². The predicted octanol–water partition coefficient (Wildman–Crippen LogP) is 2.94. The molecule has 2 rings (SSSR count). The Morgan fingerprint density at radius 2 is 2.22 bits per heavy atom. The van der Waals surface area contributed by atoms with E-state index in [2.05, 4.69) is 29.1 Å². The average molecular weight is 243 g/mol. The average Bonchev–Trinajstić information content (AvgIpc) is 2.40. The Bertz CT molecular complexity index is 487. The van der Waals surface area contributed by atoms with Crippen molar-refractivity contribution < 1.29 is 4.74 Å². The normalized spacial score (nSPS) is 12.1. The van der Waals surface area contributed by atoms with Crippen molar-refractivity contribution in [3.05, 3.63) is 48.4 Å². The number of nitrogens with zero attached hydrogens (tertiary/aromatic N) is 2. The Balaban J connectivity index is 2.12. The van der Waals surface area contributed by atoms with E-state index in [0.717, 1.165) is 12.1 Å². The molecule has 94 valence electrons. The topological polar surface area (TPSA) is 47.0 Å². The van der Waals surface area contributed by atoms with E-state index in [4.69, 9.17) is 4.74 Å². The third-order valence-electron chi connectivity index (χ3n) is 2.63. The van der Waals surface area contributed by atoms with Gasteiger partial charge in [-0.15, -0.1) is 0 Å². The maximum atomic E-state index is 5.65. The first kappa shape index (κ1) is 12.5. The summed E-state index contributed by atoms with van der Waals surface area (Å²) in [6.07, 6.45) is 5.14. The minimum Gasteiger partial charge on any atom is -0.437 e. The molecule has 0 fully saturated rings. The van der Waals surface area contributed by atoms with E-state index in [-0.39, 0.29) is 6.04 Å². The molecule has 2 aromatic heterocycles. The fraction of sp³-hybridized carbons (Fsp3) is 0.286. The highest BCUT2D eigenvalue weighted by Crippen LogP contribution is 2.21. The summed E-state index contributed by atoms with van der Waals surface area (Å²) in [5.41, 5.74) is 1.16. The Labute approximate surface area is 107 Å². The van der Waals surface area contributed by atoms with Gasteiger partial charge in [0.05, 0.1) is 6.20 Å². The molecule has 0 amide bonds. The smallest absolute Gasteiger partial charge is 0.219 e. The van der Waals surface area contributed by atoms with Crippen LogP contribution in [0.15, 0.2) is 42.9 Å². The first-order valence-electron chi connectivity index (χ1n) is 6.07. The second kappa shape index (κ2) is 6.12. The summed E-state index contributed by atoms with van der Waals surface area (Å²) in [5, 5.41) is 3.36. The van der Waals surface area contributed by atoms with E-state index >= 15 is 0 Å². The lowest BCUT2D eigenvalue weighted by Gasteiger charge is -2.13. The fourth-order valence-electron chi connectivity index (χ4n) is 1.70. The van der Waals surface area contributed by atoms with E-state index in [1.165, 1.54) is 0 Å². The highest BCUT2D eigenvalue weighted by molar-refractivity contribution is 5.28. The fourth-order valence-corrected chi connectivity index (χ4v) is 1.70. The lowest BCUT2D eigenvalue weighted by molar-refractivity contribution is 0.458. The zero-order valence-corrected chi connectivity index (χ0v) is 10.6. The van der Waals surface area contributed by atoms with Gasteiger partial charge >= 0.3 is 0 Å². The molecule has 18 heavy (non-hydrogen) atoms. The zero-order chi connectivity index (χ0) is 12.8. The first-order valence-corrected chi connectivity index (χ1v) is 6.07. The van der Waals surface area contributed by atoms with Gasteiger partial charge in [-0.2, -0.15) is 0 Å². The van der Waals surface area contributed by atoms with Crippen LogP contribution in [0.25, 0.3) is 0 Å². The van der Waals surface area contributed by atoms with Crippen LogP contribution < -0.4 is 10.1 Å². The van der Waals surface area contributed by atoms with Crippen LogP contribution in [0.3, 0.4) is 0 Å². The third-order valence-corrected chi connectivity index (χ3v) is 2.63. The zero-order valence-electron chi connectivity index (χ0n) is 10.6. The molecule has 4 nitrogen and oxygen atoms in total. The largest absolute Gasteiger partial charge is 0.437 e.